The molecule has 0 amide bonds. The van der Waals surface area contributed by atoms with Crippen molar-refractivity contribution in [3.8, 4) is 0 Å². The maximum atomic E-state index is 12.8. The fourth-order valence-corrected chi connectivity index (χ4v) is 3.10. The number of benzene rings is 2. The first-order valence-electron chi connectivity index (χ1n) is 9.13. The van der Waals surface area contributed by atoms with Gasteiger partial charge in [-0.25, -0.2) is 4.79 Å². The SMILES string of the molecule is CC(=C/C(=O)O)/C=C/C=C(C)/C=C/c1ccc2c(c1)C(=O)c1ccccc1C2=O. The summed E-state index contributed by atoms with van der Waals surface area (Å²) in [6, 6.07) is 12.1. The largest absolute Gasteiger partial charge is 0.478 e. The van der Waals surface area contributed by atoms with E-state index in [0.717, 1.165) is 17.2 Å². The molecular formula is C25H20O4. The van der Waals surface area contributed by atoms with E-state index in [9.17, 15) is 14.4 Å². The molecule has 0 saturated heterocycles. The number of carbonyl (C=O) groups excluding carboxylic acids is 2. The van der Waals surface area contributed by atoms with Crippen LogP contribution in [0.2, 0.25) is 0 Å². The molecule has 4 heteroatoms. The Labute approximate surface area is 169 Å². The van der Waals surface area contributed by atoms with Gasteiger partial charge in [0.2, 0.25) is 0 Å². The molecule has 0 atom stereocenters. The first-order chi connectivity index (χ1) is 13.9. The molecular weight excluding hydrogens is 364 g/mol. The number of ketones is 2. The van der Waals surface area contributed by atoms with Crippen LogP contribution in [0.4, 0.5) is 0 Å². The third-order valence-electron chi connectivity index (χ3n) is 4.56. The van der Waals surface area contributed by atoms with Crippen molar-refractivity contribution in [1.29, 1.82) is 0 Å². The zero-order valence-corrected chi connectivity index (χ0v) is 16.2. The molecule has 4 nitrogen and oxygen atoms in total. The molecule has 0 fully saturated rings. The Balaban J connectivity index is 1.81. The van der Waals surface area contributed by atoms with Gasteiger partial charge in [-0.1, -0.05) is 66.3 Å². The smallest absolute Gasteiger partial charge is 0.328 e. The summed E-state index contributed by atoms with van der Waals surface area (Å²) in [6.07, 6.45) is 10.3. The lowest BCUT2D eigenvalue weighted by atomic mass is 9.83. The predicted molar refractivity (Wildman–Crippen MR) is 113 cm³/mol. The minimum absolute atomic E-state index is 0.128. The monoisotopic (exact) mass is 384 g/mol. The number of hydrogen-bond acceptors (Lipinski definition) is 3. The van der Waals surface area contributed by atoms with Crippen LogP contribution in [0, 0.1) is 0 Å². The van der Waals surface area contributed by atoms with E-state index in [4.69, 9.17) is 5.11 Å². The van der Waals surface area contributed by atoms with Crippen molar-refractivity contribution < 1.29 is 19.5 Å². The Morgan fingerprint density at radius 3 is 2.10 bits per heavy atom. The summed E-state index contributed by atoms with van der Waals surface area (Å²) >= 11 is 0. The van der Waals surface area contributed by atoms with Gasteiger partial charge in [-0.05, 0) is 37.1 Å². The van der Waals surface area contributed by atoms with E-state index in [0.29, 0.717) is 27.8 Å². The third kappa shape index (κ3) is 4.55. The number of aliphatic carboxylic acids is 1. The van der Waals surface area contributed by atoms with Crippen molar-refractivity contribution in [2.75, 3.05) is 0 Å². The van der Waals surface area contributed by atoms with Crippen LogP contribution in [-0.4, -0.2) is 22.6 Å². The van der Waals surface area contributed by atoms with Gasteiger partial charge in [0.25, 0.3) is 0 Å². The molecule has 0 saturated carbocycles. The van der Waals surface area contributed by atoms with Gasteiger partial charge in [-0.15, -0.1) is 0 Å². The van der Waals surface area contributed by atoms with Crippen molar-refractivity contribution in [3.63, 3.8) is 0 Å². The van der Waals surface area contributed by atoms with Crippen LogP contribution in [0.5, 0.6) is 0 Å². The highest BCUT2D eigenvalue weighted by Gasteiger charge is 2.28. The van der Waals surface area contributed by atoms with Gasteiger partial charge in [0.1, 0.15) is 0 Å². The van der Waals surface area contributed by atoms with Crippen molar-refractivity contribution in [2.24, 2.45) is 0 Å². The Bertz CT molecular complexity index is 1130. The molecule has 1 aliphatic carbocycles. The highest BCUT2D eigenvalue weighted by molar-refractivity contribution is 6.28. The maximum absolute atomic E-state index is 12.8. The van der Waals surface area contributed by atoms with Gasteiger partial charge in [0.15, 0.2) is 11.6 Å². The highest BCUT2D eigenvalue weighted by atomic mass is 16.4. The van der Waals surface area contributed by atoms with Crippen LogP contribution in [-0.2, 0) is 4.79 Å². The number of carbonyl (C=O) groups is 3. The molecule has 2 aromatic rings. The van der Waals surface area contributed by atoms with E-state index < -0.39 is 5.97 Å². The summed E-state index contributed by atoms with van der Waals surface area (Å²) < 4.78 is 0. The van der Waals surface area contributed by atoms with E-state index in [-0.39, 0.29) is 11.6 Å². The summed E-state index contributed by atoms with van der Waals surface area (Å²) in [5, 5.41) is 8.69. The molecule has 0 spiro atoms. The minimum Gasteiger partial charge on any atom is -0.478 e. The van der Waals surface area contributed by atoms with Crippen LogP contribution in [0.1, 0.15) is 51.3 Å². The molecule has 0 aromatic heterocycles. The first-order valence-corrected chi connectivity index (χ1v) is 9.13. The van der Waals surface area contributed by atoms with Gasteiger partial charge < -0.3 is 5.11 Å². The second kappa shape index (κ2) is 8.48. The average Bonchev–Trinajstić information content (AvgIpc) is 2.70. The van der Waals surface area contributed by atoms with E-state index >= 15 is 0 Å². The van der Waals surface area contributed by atoms with Crippen LogP contribution >= 0.6 is 0 Å². The molecule has 0 unspecified atom stereocenters. The molecule has 1 N–H and O–H groups in total. The zero-order valence-electron chi connectivity index (χ0n) is 16.2. The van der Waals surface area contributed by atoms with Crippen molar-refractivity contribution in [3.05, 3.63) is 112 Å². The molecule has 1 aliphatic rings. The molecule has 0 aliphatic heterocycles. The molecule has 0 radical (unpaired) electrons. The van der Waals surface area contributed by atoms with Crippen LogP contribution < -0.4 is 0 Å². The summed E-state index contributed by atoms with van der Waals surface area (Å²) in [4.78, 5) is 36.0. The van der Waals surface area contributed by atoms with Crippen LogP contribution in [0.3, 0.4) is 0 Å². The third-order valence-corrected chi connectivity index (χ3v) is 4.56. The number of carboxylic acids is 1. The summed E-state index contributed by atoms with van der Waals surface area (Å²) in [5.74, 6) is -1.24. The zero-order chi connectivity index (χ0) is 21.0. The van der Waals surface area contributed by atoms with E-state index in [1.54, 1.807) is 55.5 Å². The number of fused-ring (bicyclic) bond motifs is 2. The lowest BCUT2D eigenvalue weighted by Gasteiger charge is -2.17. The maximum Gasteiger partial charge on any atom is 0.328 e. The molecule has 2 aromatic carbocycles. The fraction of sp³-hybridized carbons (Fsp3) is 0.0800. The molecule has 144 valence electrons. The molecule has 3 rings (SSSR count). The minimum atomic E-state index is -0.976. The second-order valence-corrected chi connectivity index (χ2v) is 6.84. The lowest BCUT2D eigenvalue weighted by molar-refractivity contribution is -0.131. The number of carboxylic acid groups (broad SMARTS) is 1. The standard InChI is InChI=1S/C25H20O4/c1-16(6-5-7-17(2)14-23(26)27)10-11-18-12-13-21-22(15-18)25(29)20-9-4-3-8-19(20)24(21)28/h3-15H,1-2H3,(H,26,27)/b7-5+,11-10+,16-6+,17-14-. The summed E-state index contributed by atoms with van der Waals surface area (Å²) in [5.41, 5.74) is 4.17. The van der Waals surface area contributed by atoms with Gasteiger partial charge in [-0.3, -0.25) is 9.59 Å². The molecule has 29 heavy (non-hydrogen) atoms. The van der Waals surface area contributed by atoms with Gasteiger partial charge in [0, 0.05) is 28.3 Å². The van der Waals surface area contributed by atoms with Crippen molar-refractivity contribution in [1.82, 2.24) is 0 Å². The van der Waals surface area contributed by atoms with Gasteiger partial charge >= 0.3 is 5.97 Å². The molecule has 0 bridgehead atoms. The quantitative estimate of drug-likeness (QED) is 0.496. The number of rotatable bonds is 5. The average molecular weight is 384 g/mol. The van der Waals surface area contributed by atoms with Crippen molar-refractivity contribution in [2.45, 2.75) is 13.8 Å². The second-order valence-electron chi connectivity index (χ2n) is 6.84. The summed E-state index contributed by atoms with van der Waals surface area (Å²) in [6.45, 7) is 3.63. The van der Waals surface area contributed by atoms with Gasteiger partial charge in [0.05, 0.1) is 0 Å². The molecule has 0 heterocycles. The fourth-order valence-electron chi connectivity index (χ4n) is 3.10. The Kier molecular flexibility index (Phi) is 5.84. The predicted octanol–water partition coefficient (Wildman–Crippen LogP) is 5.01. The van der Waals surface area contributed by atoms with Crippen molar-refractivity contribution >= 4 is 23.6 Å². The summed E-state index contributed by atoms with van der Waals surface area (Å²) in [7, 11) is 0. The normalized spacial score (nSPS) is 14.4. The first kappa shape index (κ1) is 20.0. The topological polar surface area (TPSA) is 71.4 Å². The van der Waals surface area contributed by atoms with E-state index in [2.05, 4.69) is 0 Å². The lowest BCUT2D eigenvalue weighted by Crippen LogP contribution is -2.20. The van der Waals surface area contributed by atoms with Crippen LogP contribution in [0.25, 0.3) is 6.08 Å². The highest BCUT2D eigenvalue weighted by Crippen LogP contribution is 2.28. The van der Waals surface area contributed by atoms with E-state index in [1.807, 2.05) is 31.2 Å². The van der Waals surface area contributed by atoms with Crippen LogP contribution in [0.15, 0.2) is 84.0 Å². The number of allylic oxidation sites excluding steroid dienone is 6. The van der Waals surface area contributed by atoms with E-state index in [1.165, 1.54) is 0 Å². The number of hydrogen-bond donors (Lipinski definition) is 1. The Morgan fingerprint density at radius 1 is 0.828 bits per heavy atom. The Morgan fingerprint density at radius 2 is 1.45 bits per heavy atom. The van der Waals surface area contributed by atoms with Gasteiger partial charge in [-0.2, -0.15) is 0 Å². The Hall–Kier alpha value is -3.79.